The molecule has 0 bridgehead atoms. The maximum atomic E-state index is 12.3. The van der Waals surface area contributed by atoms with E-state index in [9.17, 15) is 13.9 Å². The molecule has 148 valence electrons. The van der Waals surface area contributed by atoms with Crippen molar-refractivity contribution in [3.63, 3.8) is 0 Å². The molecule has 4 aromatic rings. The standard InChI is InChI=1S/C20H16F2N4O3/c21-20(22)29-15-7-5-14(6-8-15)19-25-24-17-11-23-12-18(26(17)19)28-10-9-13-3-1-2-4-16(13)27/h1-8,11-12,20,27H,9-10H2. The molecule has 2 aromatic heterocycles. The molecule has 0 atom stereocenters. The predicted octanol–water partition coefficient (Wildman–Crippen LogP) is 3.72. The summed E-state index contributed by atoms with van der Waals surface area (Å²) in [6.07, 6.45) is 3.58. The first-order valence-corrected chi connectivity index (χ1v) is 8.76. The van der Waals surface area contributed by atoms with Crippen LogP contribution in [0.5, 0.6) is 17.4 Å². The minimum absolute atomic E-state index is 0.0541. The number of ether oxygens (including phenoxy) is 2. The molecule has 2 aromatic carbocycles. The Kier molecular flexibility index (Phi) is 5.19. The van der Waals surface area contributed by atoms with Crippen molar-refractivity contribution >= 4 is 5.65 Å². The van der Waals surface area contributed by atoms with Crippen LogP contribution < -0.4 is 9.47 Å². The maximum absolute atomic E-state index is 12.3. The van der Waals surface area contributed by atoms with Gasteiger partial charge in [-0.3, -0.25) is 4.98 Å². The van der Waals surface area contributed by atoms with Crippen molar-refractivity contribution in [2.24, 2.45) is 0 Å². The van der Waals surface area contributed by atoms with Gasteiger partial charge in [0.1, 0.15) is 11.5 Å². The van der Waals surface area contributed by atoms with E-state index >= 15 is 0 Å². The molecule has 0 fully saturated rings. The van der Waals surface area contributed by atoms with Crippen molar-refractivity contribution in [1.29, 1.82) is 0 Å². The smallest absolute Gasteiger partial charge is 0.387 e. The Morgan fingerprint density at radius 3 is 2.55 bits per heavy atom. The highest BCUT2D eigenvalue weighted by Crippen LogP contribution is 2.26. The number of nitrogens with zero attached hydrogens (tertiary/aromatic N) is 4. The second kappa shape index (κ2) is 8.09. The Labute approximate surface area is 164 Å². The molecular formula is C20H16F2N4O3. The van der Waals surface area contributed by atoms with Crippen LogP contribution in [0, 0.1) is 0 Å². The van der Waals surface area contributed by atoms with E-state index < -0.39 is 6.61 Å². The molecular weight excluding hydrogens is 382 g/mol. The number of aromatic hydroxyl groups is 1. The van der Waals surface area contributed by atoms with Gasteiger partial charge in [0.2, 0.25) is 5.88 Å². The van der Waals surface area contributed by atoms with Gasteiger partial charge < -0.3 is 14.6 Å². The van der Waals surface area contributed by atoms with E-state index in [1.165, 1.54) is 12.1 Å². The van der Waals surface area contributed by atoms with E-state index in [0.717, 1.165) is 5.56 Å². The lowest BCUT2D eigenvalue weighted by atomic mass is 10.1. The van der Waals surface area contributed by atoms with E-state index in [1.807, 2.05) is 12.1 Å². The summed E-state index contributed by atoms with van der Waals surface area (Å²) >= 11 is 0. The van der Waals surface area contributed by atoms with Crippen molar-refractivity contribution in [1.82, 2.24) is 19.6 Å². The molecule has 0 aliphatic rings. The molecule has 0 spiro atoms. The third-order valence-electron chi connectivity index (χ3n) is 4.23. The molecule has 1 N–H and O–H groups in total. The minimum atomic E-state index is -2.88. The average Bonchev–Trinajstić information content (AvgIpc) is 3.15. The Balaban J connectivity index is 1.58. The molecule has 9 heteroatoms. The van der Waals surface area contributed by atoms with Crippen molar-refractivity contribution in [3.05, 3.63) is 66.5 Å². The molecule has 0 saturated carbocycles. The summed E-state index contributed by atoms with van der Waals surface area (Å²) < 4.78 is 36.6. The van der Waals surface area contributed by atoms with Crippen LogP contribution in [-0.4, -0.2) is 37.9 Å². The fourth-order valence-electron chi connectivity index (χ4n) is 2.88. The van der Waals surface area contributed by atoms with E-state index in [2.05, 4.69) is 19.9 Å². The first-order valence-electron chi connectivity index (χ1n) is 8.76. The zero-order valence-corrected chi connectivity index (χ0v) is 15.1. The van der Waals surface area contributed by atoms with Crippen LogP contribution in [0.25, 0.3) is 17.0 Å². The zero-order chi connectivity index (χ0) is 20.2. The lowest BCUT2D eigenvalue weighted by molar-refractivity contribution is -0.0498. The number of hydrogen-bond donors (Lipinski definition) is 1. The predicted molar refractivity (Wildman–Crippen MR) is 100 cm³/mol. The number of aromatic nitrogens is 4. The van der Waals surface area contributed by atoms with Gasteiger partial charge >= 0.3 is 6.61 Å². The molecule has 0 unspecified atom stereocenters. The maximum Gasteiger partial charge on any atom is 0.387 e. The van der Waals surface area contributed by atoms with Crippen LogP contribution in [0.3, 0.4) is 0 Å². The molecule has 0 aliphatic heterocycles. The summed E-state index contributed by atoms with van der Waals surface area (Å²) in [7, 11) is 0. The lowest BCUT2D eigenvalue weighted by Gasteiger charge is -2.10. The number of rotatable bonds is 7. The molecule has 7 nitrogen and oxygen atoms in total. The molecule has 0 radical (unpaired) electrons. The quantitative estimate of drug-likeness (QED) is 0.511. The van der Waals surface area contributed by atoms with Gasteiger partial charge in [0.25, 0.3) is 0 Å². The van der Waals surface area contributed by atoms with Gasteiger partial charge in [0.05, 0.1) is 19.0 Å². The average molecular weight is 398 g/mol. The van der Waals surface area contributed by atoms with Crippen LogP contribution in [-0.2, 0) is 6.42 Å². The summed E-state index contributed by atoms with van der Waals surface area (Å²) in [5.41, 5.74) is 1.90. The second-order valence-electron chi connectivity index (χ2n) is 6.09. The number of benzene rings is 2. The van der Waals surface area contributed by atoms with E-state index in [-0.39, 0.29) is 11.5 Å². The third-order valence-corrected chi connectivity index (χ3v) is 4.23. The van der Waals surface area contributed by atoms with Gasteiger partial charge in [-0.15, -0.1) is 10.2 Å². The Hall–Kier alpha value is -3.75. The molecule has 0 amide bonds. The summed E-state index contributed by atoms with van der Waals surface area (Å²) in [5, 5.41) is 18.1. The van der Waals surface area contributed by atoms with Gasteiger partial charge in [0, 0.05) is 12.0 Å². The van der Waals surface area contributed by atoms with E-state index in [0.29, 0.717) is 35.9 Å². The number of alkyl halides is 2. The van der Waals surface area contributed by atoms with E-state index in [1.54, 1.807) is 41.1 Å². The van der Waals surface area contributed by atoms with Crippen molar-refractivity contribution in [2.75, 3.05) is 6.61 Å². The van der Waals surface area contributed by atoms with Crippen LogP contribution in [0.1, 0.15) is 5.56 Å². The van der Waals surface area contributed by atoms with Crippen LogP contribution >= 0.6 is 0 Å². The number of phenols is 1. The van der Waals surface area contributed by atoms with Gasteiger partial charge in [-0.05, 0) is 35.9 Å². The minimum Gasteiger partial charge on any atom is -0.508 e. The molecule has 4 rings (SSSR count). The van der Waals surface area contributed by atoms with Crippen LogP contribution in [0.15, 0.2) is 60.9 Å². The summed E-state index contributed by atoms with van der Waals surface area (Å²) in [6.45, 7) is -2.58. The highest BCUT2D eigenvalue weighted by Gasteiger charge is 2.14. The topological polar surface area (TPSA) is 81.8 Å². The SMILES string of the molecule is Oc1ccccc1CCOc1cncc2nnc(-c3ccc(OC(F)F)cc3)n12. The highest BCUT2D eigenvalue weighted by atomic mass is 19.3. The number of halogens is 2. The first kappa shape index (κ1) is 18.6. The fraction of sp³-hybridized carbons (Fsp3) is 0.150. The van der Waals surface area contributed by atoms with Crippen LogP contribution in [0.2, 0.25) is 0 Å². The van der Waals surface area contributed by atoms with Crippen molar-refractivity contribution in [2.45, 2.75) is 13.0 Å². The summed E-state index contributed by atoms with van der Waals surface area (Å²) in [6, 6.07) is 13.1. The molecule has 2 heterocycles. The monoisotopic (exact) mass is 398 g/mol. The number of fused-ring (bicyclic) bond motifs is 1. The number of hydrogen-bond acceptors (Lipinski definition) is 6. The number of para-hydroxylation sites is 1. The van der Waals surface area contributed by atoms with Gasteiger partial charge in [-0.25, -0.2) is 4.40 Å². The van der Waals surface area contributed by atoms with Gasteiger partial charge in [0.15, 0.2) is 11.5 Å². The summed E-state index contributed by atoms with van der Waals surface area (Å²) in [5.74, 6) is 1.16. The molecule has 0 saturated heterocycles. The molecule has 0 aliphatic carbocycles. The van der Waals surface area contributed by atoms with Crippen molar-refractivity contribution < 1.29 is 23.4 Å². The third kappa shape index (κ3) is 4.08. The normalized spacial score (nSPS) is 11.1. The van der Waals surface area contributed by atoms with Crippen molar-refractivity contribution in [3.8, 4) is 28.8 Å². The Morgan fingerprint density at radius 1 is 1.00 bits per heavy atom. The van der Waals surface area contributed by atoms with E-state index in [4.69, 9.17) is 4.74 Å². The van der Waals surface area contributed by atoms with Gasteiger partial charge in [-0.1, -0.05) is 18.2 Å². The highest BCUT2D eigenvalue weighted by molar-refractivity contribution is 5.61. The molecule has 29 heavy (non-hydrogen) atoms. The summed E-state index contributed by atoms with van der Waals surface area (Å²) in [4.78, 5) is 4.11. The second-order valence-corrected chi connectivity index (χ2v) is 6.09. The number of phenolic OH excluding ortho intramolecular Hbond substituents is 1. The zero-order valence-electron chi connectivity index (χ0n) is 15.1. The fourth-order valence-corrected chi connectivity index (χ4v) is 2.88. The Bertz CT molecular complexity index is 1120. The lowest BCUT2D eigenvalue weighted by Crippen LogP contribution is -2.06. The van der Waals surface area contributed by atoms with Crippen LogP contribution in [0.4, 0.5) is 8.78 Å². The first-order chi connectivity index (χ1) is 14.1. The Morgan fingerprint density at radius 2 is 1.79 bits per heavy atom. The largest absolute Gasteiger partial charge is 0.508 e. The van der Waals surface area contributed by atoms with Gasteiger partial charge in [-0.2, -0.15) is 8.78 Å².